The summed E-state index contributed by atoms with van der Waals surface area (Å²) in [5.41, 5.74) is 0.640. The third kappa shape index (κ3) is 3.79. The Labute approximate surface area is 127 Å². The third-order valence-corrected chi connectivity index (χ3v) is 4.53. The normalized spacial score (nSPS) is 24.0. The molecule has 0 saturated carbocycles. The van der Waals surface area contributed by atoms with E-state index >= 15 is 0 Å². The van der Waals surface area contributed by atoms with Crippen LogP contribution in [0.4, 0.5) is 4.39 Å². The summed E-state index contributed by atoms with van der Waals surface area (Å²) in [6.45, 7) is 4.24. The Hall–Kier alpha value is -0.490. The minimum Gasteiger partial charge on any atom is -0.396 e. The summed E-state index contributed by atoms with van der Waals surface area (Å²) in [6, 6.07) is 5.05. The maximum atomic E-state index is 13.9. The molecule has 0 aromatic heterocycles. The molecule has 1 saturated heterocycles. The van der Waals surface area contributed by atoms with E-state index in [9.17, 15) is 9.50 Å². The van der Waals surface area contributed by atoms with Gasteiger partial charge in [0, 0.05) is 41.3 Å². The Morgan fingerprint density at radius 2 is 2.35 bits per heavy atom. The molecule has 2 rings (SSSR count). The molecule has 2 N–H and O–H groups in total. The van der Waals surface area contributed by atoms with Crippen molar-refractivity contribution in [2.45, 2.75) is 25.8 Å². The van der Waals surface area contributed by atoms with Gasteiger partial charge in [0.15, 0.2) is 0 Å². The third-order valence-electron chi connectivity index (χ3n) is 4.04. The van der Waals surface area contributed by atoms with Gasteiger partial charge < -0.3 is 15.2 Å². The molecule has 0 aliphatic carbocycles. The first-order valence-electron chi connectivity index (χ1n) is 6.93. The van der Waals surface area contributed by atoms with Crippen molar-refractivity contribution in [1.82, 2.24) is 5.32 Å². The van der Waals surface area contributed by atoms with E-state index in [1.165, 1.54) is 6.07 Å². The lowest BCUT2D eigenvalue weighted by Gasteiger charge is -2.29. The molecule has 1 aliphatic heterocycles. The number of aliphatic hydroxyl groups is 1. The molecule has 1 fully saturated rings. The van der Waals surface area contributed by atoms with E-state index in [-0.39, 0.29) is 23.9 Å². The topological polar surface area (TPSA) is 41.5 Å². The van der Waals surface area contributed by atoms with Crippen LogP contribution in [0.5, 0.6) is 0 Å². The molecule has 1 heterocycles. The minimum absolute atomic E-state index is 0.0190. The number of rotatable bonds is 6. The molecule has 1 aliphatic rings. The Morgan fingerprint density at radius 1 is 1.55 bits per heavy atom. The zero-order valence-electron chi connectivity index (χ0n) is 11.7. The molecule has 0 unspecified atom stereocenters. The molecule has 5 heteroatoms. The Kier molecular flexibility index (Phi) is 5.55. The summed E-state index contributed by atoms with van der Waals surface area (Å²) < 4.78 is 20.1. The van der Waals surface area contributed by atoms with Crippen molar-refractivity contribution in [3.8, 4) is 0 Å². The predicted octanol–water partition coefficient (Wildman–Crippen LogP) is 3.03. The molecular weight excluding hydrogens is 325 g/mol. The highest BCUT2D eigenvalue weighted by atomic mass is 79.9. The highest BCUT2D eigenvalue weighted by molar-refractivity contribution is 9.10. The zero-order valence-corrected chi connectivity index (χ0v) is 13.2. The van der Waals surface area contributed by atoms with Crippen molar-refractivity contribution in [2.24, 2.45) is 5.41 Å². The maximum Gasteiger partial charge on any atom is 0.129 e. The molecule has 20 heavy (non-hydrogen) atoms. The van der Waals surface area contributed by atoms with E-state index in [1.54, 1.807) is 6.07 Å². The van der Waals surface area contributed by atoms with Crippen LogP contribution in [0.25, 0.3) is 0 Å². The monoisotopic (exact) mass is 345 g/mol. The van der Waals surface area contributed by atoms with Crippen LogP contribution in [-0.2, 0) is 4.74 Å². The van der Waals surface area contributed by atoms with Crippen LogP contribution in [0, 0.1) is 11.2 Å². The molecule has 0 amide bonds. The van der Waals surface area contributed by atoms with Crippen LogP contribution >= 0.6 is 15.9 Å². The maximum absolute atomic E-state index is 13.9. The highest BCUT2D eigenvalue weighted by Crippen LogP contribution is 2.32. The van der Waals surface area contributed by atoms with Crippen molar-refractivity contribution in [1.29, 1.82) is 0 Å². The SMILES string of the molecule is C[C@H](NC[C@]1(CCO)CCOC1)c1ccc(Br)cc1F. The minimum atomic E-state index is -0.210. The van der Waals surface area contributed by atoms with Gasteiger partial charge in [-0.2, -0.15) is 0 Å². The van der Waals surface area contributed by atoms with Crippen LogP contribution in [0.15, 0.2) is 22.7 Å². The largest absolute Gasteiger partial charge is 0.396 e. The van der Waals surface area contributed by atoms with E-state index in [2.05, 4.69) is 21.2 Å². The van der Waals surface area contributed by atoms with Crippen LogP contribution in [0.2, 0.25) is 0 Å². The van der Waals surface area contributed by atoms with Crippen LogP contribution in [0.1, 0.15) is 31.4 Å². The number of hydrogen-bond donors (Lipinski definition) is 2. The van der Waals surface area contributed by atoms with Gasteiger partial charge in [-0.15, -0.1) is 0 Å². The zero-order chi connectivity index (χ0) is 14.6. The van der Waals surface area contributed by atoms with Crippen molar-refractivity contribution < 1.29 is 14.2 Å². The number of nitrogens with one attached hydrogen (secondary N) is 1. The first-order valence-corrected chi connectivity index (χ1v) is 7.73. The van der Waals surface area contributed by atoms with Gasteiger partial charge in [-0.3, -0.25) is 0 Å². The summed E-state index contributed by atoms with van der Waals surface area (Å²) in [5.74, 6) is -0.210. The van der Waals surface area contributed by atoms with Crippen LogP contribution in [-0.4, -0.2) is 31.5 Å². The lowest BCUT2D eigenvalue weighted by atomic mass is 9.83. The van der Waals surface area contributed by atoms with Gasteiger partial charge in [-0.25, -0.2) is 4.39 Å². The quantitative estimate of drug-likeness (QED) is 0.832. The fraction of sp³-hybridized carbons (Fsp3) is 0.600. The second-order valence-corrected chi connectivity index (χ2v) is 6.46. The molecule has 0 bridgehead atoms. The van der Waals surface area contributed by atoms with E-state index in [4.69, 9.17) is 4.74 Å². The molecule has 1 aromatic rings. The fourth-order valence-electron chi connectivity index (χ4n) is 2.64. The van der Waals surface area contributed by atoms with E-state index in [0.29, 0.717) is 12.2 Å². The summed E-state index contributed by atoms with van der Waals surface area (Å²) in [4.78, 5) is 0. The number of halogens is 2. The van der Waals surface area contributed by atoms with Crippen molar-refractivity contribution in [2.75, 3.05) is 26.4 Å². The van der Waals surface area contributed by atoms with Gasteiger partial charge in [-0.1, -0.05) is 22.0 Å². The lowest BCUT2D eigenvalue weighted by molar-refractivity contribution is 0.122. The van der Waals surface area contributed by atoms with Gasteiger partial charge in [0.2, 0.25) is 0 Å². The van der Waals surface area contributed by atoms with Crippen LogP contribution < -0.4 is 5.32 Å². The standard InChI is InChI=1S/C15H21BrFNO2/c1-11(13-3-2-12(16)8-14(13)17)18-9-15(4-6-19)5-7-20-10-15/h2-3,8,11,18-19H,4-7,9-10H2,1H3/t11-,15-/m0/s1. The first kappa shape index (κ1) is 15.9. The second kappa shape index (κ2) is 6.98. The molecule has 0 spiro atoms. The van der Waals surface area contributed by atoms with Gasteiger partial charge >= 0.3 is 0 Å². The van der Waals surface area contributed by atoms with Gasteiger partial charge in [0.25, 0.3) is 0 Å². The van der Waals surface area contributed by atoms with Crippen molar-refractivity contribution >= 4 is 15.9 Å². The lowest BCUT2D eigenvalue weighted by Crippen LogP contribution is -2.37. The Balaban J connectivity index is 1.98. The highest BCUT2D eigenvalue weighted by Gasteiger charge is 2.34. The second-order valence-electron chi connectivity index (χ2n) is 5.54. The van der Waals surface area contributed by atoms with E-state index < -0.39 is 0 Å². The molecule has 112 valence electrons. The number of aliphatic hydroxyl groups excluding tert-OH is 1. The van der Waals surface area contributed by atoms with E-state index in [0.717, 1.165) is 30.5 Å². The fourth-order valence-corrected chi connectivity index (χ4v) is 2.98. The van der Waals surface area contributed by atoms with E-state index in [1.807, 2.05) is 13.0 Å². The van der Waals surface area contributed by atoms with Gasteiger partial charge in [-0.05, 0) is 31.9 Å². The number of benzene rings is 1. The first-order chi connectivity index (χ1) is 9.56. The Bertz CT molecular complexity index is 449. The number of ether oxygens (including phenoxy) is 1. The van der Waals surface area contributed by atoms with Gasteiger partial charge in [0.05, 0.1) is 6.61 Å². The average Bonchev–Trinajstić information content (AvgIpc) is 2.85. The van der Waals surface area contributed by atoms with Crippen LogP contribution in [0.3, 0.4) is 0 Å². The van der Waals surface area contributed by atoms with Crippen molar-refractivity contribution in [3.05, 3.63) is 34.1 Å². The average molecular weight is 346 g/mol. The predicted molar refractivity (Wildman–Crippen MR) is 80.1 cm³/mol. The van der Waals surface area contributed by atoms with Crippen molar-refractivity contribution in [3.63, 3.8) is 0 Å². The molecular formula is C15H21BrFNO2. The summed E-state index contributed by atoms with van der Waals surface area (Å²) >= 11 is 3.26. The molecule has 3 nitrogen and oxygen atoms in total. The molecule has 0 radical (unpaired) electrons. The Morgan fingerprint density at radius 3 is 2.95 bits per heavy atom. The summed E-state index contributed by atoms with van der Waals surface area (Å²) in [5, 5.41) is 12.6. The summed E-state index contributed by atoms with van der Waals surface area (Å²) in [6.07, 6.45) is 1.66. The smallest absolute Gasteiger partial charge is 0.129 e. The summed E-state index contributed by atoms with van der Waals surface area (Å²) in [7, 11) is 0. The van der Waals surface area contributed by atoms with Gasteiger partial charge in [0.1, 0.15) is 5.82 Å². The molecule has 2 atom stereocenters. The number of hydrogen-bond acceptors (Lipinski definition) is 3. The molecule has 1 aromatic carbocycles.